The maximum Gasteiger partial charge on any atom is 0.264 e. The first-order valence-electron chi connectivity index (χ1n) is 4.28. The molecule has 0 heterocycles. The zero-order chi connectivity index (χ0) is 12.5. The second-order valence-corrected chi connectivity index (χ2v) is 4.79. The molecule has 0 saturated carbocycles. The van der Waals surface area contributed by atoms with Crippen LogP contribution in [0.25, 0.3) is 0 Å². The van der Waals surface area contributed by atoms with Gasteiger partial charge in [0.1, 0.15) is 0 Å². The lowest BCUT2D eigenvalue weighted by molar-refractivity contribution is 0.0126. The van der Waals surface area contributed by atoms with Gasteiger partial charge in [0.2, 0.25) is 0 Å². The van der Waals surface area contributed by atoms with Crippen molar-refractivity contribution in [2.45, 2.75) is 6.92 Å². The minimum Gasteiger partial charge on any atom is -0.396 e. The maximum absolute atomic E-state index is 9.56. The maximum atomic E-state index is 9.56. The number of aliphatic hydroxyl groups excluding tert-OH is 3. The molecule has 0 atom stereocenters. The Morgan fingerprint density at radius 1 is 1.13 bits per heavy atom. The van der Waals surface area contributed by atoms with E-state index in [0.29, 0.717) is 0 Å². The van der Waals surface area contributed by atoms with Crippen LogP contribution in [0.15, 0.2) is 0 Å². The first kappa shape index (κ1) is 17.2. The van der Waals surface area contributed by atoms with Crippen LogP contribution in [0.2, 0.25) is 0 Å². The first-order valence-corrected chi connectivity index (χ1v) is 5.89. The van der Waals surface area contributed by atoms with Crippen LogP contribution in [-0.4, -0.2) is 60.4 Å². The van der Waals surface area contributed by atoms with E-state index in [4.69, 9.17) is 25.6 Å². The molecular weight excluding hydrogens is 226 g/mol. The summed E-state index contributed by atoms with van der Waals surface area (Å²) in [4.78, 5) is 0. The Labute approximate surface area is 89.3 Å². The Bertz CT molecular complexity index is 218. The minimum atomic E-state index is -3.66. The Kier molecular flexibility index (Phi) is 9.11. The van der Waals surface area contributed by atoms with Crippen molar-refractivity contribution in [2.24, 2.45) is 11.1 Å². The molecule has 0 spiro atoms. The molecule has 0 saturated heterocycles. The molecule has 8 heteroatoms. The van der Waals surface area contributed by atoms with Crippen LogP contribution in [0.3, 0.4) is 0 Å². The van der Waals surface area contributed by atoms with Crippen molar-refractivity contribution in [3.8, 4) is 0 Å². The lowest BCUT2D eigenvalue weighted by Gasteiger charge is -2.24. The van der Waals surface area contributed by atoms with Gasteiger partial charge in [0.15, 0.2) is 0 Å². The Hall–Kier alpha value is -0.250. The fraction of sp³-hybridized carbons (Fsp3) is 1.00. The second kappa shape index (κ2) is 7.97. The number of hydrogen-bond donors (Lipinski definition) is 5. The molecule has 0 fully saturated rings. The Balaban J connectivity index is 0. The molecule has 0 aromatic rings. The summed E-state index contributed by atoms with van der Waals surface area (Å²) in [7, 11) is -3.66. The molecule has 15 heavy (non-hydrogen) atoms. The lowest BCUT2D eigenvalue weighted by Crippen LogP contribution is -2.41. The Morgan fingerprint density at radius 3 is 1.40 bits per heavy atom. The van der Waals surface area contributed by atoms with E-state index >= 15 is 0 Å². The molecule has 0 aliphatic heterocycles. The molecule has 0 aromatic carbocycles. The average molecular weight is 245 g/mol. The number of hydrogen-bond acceptors (Lipinski definition) is 6. The quantitative estimate of drug-likeness (QED) is 0.346. The minimum absolute atomic E-state index is 0.0938. The van der Waals surface area contributed by atoms with Crippen molar-refractivity contribution >= 4 is 10.1 Å². The Morgan fingerprint density at radius 2 is 1.40 bits per heavy atom. The van der Waals surface area contributed by atoms with Crippen molar-refractivity contribution < 1.29 is 28.3 Å². The largest absolute Gasteiger partial charge is 0.396 e. The molecule has 0 bridgehead atoms. The monoisotopic (exact) mass is 245 g/mol. The third-order valence-corrected chi connectivity index (χ3v) is 2.53. The van der Waals surface area contributed by atoms with E-state index in [-0.39, 0.29) is 32.1 Å². The van der Waals surface area contributed by atoms with Crippen molar-refractivity contribution in [3.05, 3.63) is 0 Å². The molecule has 0 aliphatic carbocycles. The van der Waals surface area contributed by atoms with Gasteiger partial charge in [-0.2, -0.15) is 8.42 Å². The van der Waals surface area contributed by atoms with Crippen molar-refractivity contribution in [3.63, 3.8) is 0 Å². The molecule has 0 aromatic heterocycles. The van der Waals surface area contributed by atoms with Crippen LogP contribution < -0.4 is 5.73 Å². The zero-order valence-corrected chi connectivity index (χ0v) is 9.44. The van der Waals surface area contributed by atoms with Gasteiger partial charge in [-0.1, -0.05) is 0 Å². The SMILES string of the molecule is CCS(=O)(=O)O.NCC(CO)(CO)CO. The van der Waals surface area contributed by atoms with Gasteiger partial charge >= 0.3 is 0 Å². The zero-order valence-electron chi connectivity index (χ0n) is 8.63. The van der Waals surface area contributed by atoms with E-state index in [1.165, 1.54) is 6.92 Å². The van der Waals surface area contributed by atoms with Crippen LogP contribution in [0.1, 0.15) is 6.92 Å². The highest BCUT2D eigenvalue weighted by molar-refractivity contribution is 7.85. The lowest BCUT2D eigenvalue weighted by atomic mass is 9.92. The fourth-order valence-corrected chi connectivity index (χ4v) is 0.344. The van der Waals surface area contributed by atoms with Crippen LogP contribution in [0.5, 0.6) is 0 Å². The summed E-state index contributed by atoms with van der Waals surface area (Å²) in [6.45, 7) is 0.620. The molecule has 0 amide bonds. The highest BCUT2D eigenvalue weighted by Crippen LogP contribution is 2.10. The highest BCUT2D eigenvalue weighted by Gasteiger charge is 2.25. The molecule has 7 nitrogen and oxygen atoms in total. The van der Waals surface area contributed by atoms with Gasteiger partial charge in [-0.05, 0) is 6.92 Å². The van der Waals surface area contributed by atoms with E-state index in [9.17, 15) is 8.42 Å². The van der Waals surface area contributed by atoms with E-state index in [0.717, 1.165) is 0 Å². The molecule has 0 aliphatic rings. The predicted octanol–water partition coefficient (Wildman–Crippen LogP) is -2.20. The van der Waals surface area contributed by atoms with E-state index in [1.807, 2.05) is 0 Å². The average Bonchev–Trinajstić information content (AvgIpc) is 2.22. The third-order valence-electron chi connectivity index (χ3n) is 1.80. The summed E-state index contributed by atoms with van der Waals surface area (Å²) in [5.74, 6) is -0.201. The van der Waals surface area contributed by atoms with Crippen molar-refractivity contribution in [1.82, 2.24) is 0 Å². The molecule has 94 valence electrons. The number of aliphatic hydroxyl groups is 3. The van der Waals surface area contributed by atoms with Crippen molar-refractivity contribution in [1.29, 1.82) is 0 Å². The van der Waals surface area contributed by atoms with Crippen LogP contribution >= 0.6 is 0 Å². The summed E-state index contributed by atoms with van der Waals surface area (Å²) in [5.41, 5.74) is 4.27. The van der Waals surface area contributed by atoms with Crippen LogP contribution in [0.4, 0.5) is 0 Å². The molecule has 0 radical (unpaired) electrons. The summed E-state index contributed by atoms with van der Waals surface area (Å²) in [6, 6.07) is 0. The normalized spacial score (nSPS) is 11.9. The predicted molar refractivity (Wildman–Crippen MR) is 54.8 cm³/mol. The topological polar surface area (TPSA) is 141 Å². The molecule has 6 N–H and O–H groups in total. The van der Waals surface area contributed by atoms with Gasteiger partial charge in [0.05, 0.1) is 31.0 Å². The summed E-state index contributed by atoms with van der Waals surface area (Å²) >= 11 is 0. The van der Waals surface area contributed by atoms with Gasteiger partial charge < -0.3 is 21.1 Å². The standard InChI is InChI=1S/C5H13NO3.C2H6O3S/c6-1-5(2-7,3-8)4-9;1-2-6(3,4)5/h7-9H,1-4,6H2;2H2,1H3,(H,3,4,5). The van der Waals surface area contributed by atoms with E-state index in [2.05, 4.69) is 0 Å². The summed E-state index contributed by atoms with van der Waals surface area (Å²) in [6.07, 6.45) is 0. The third kappa shape index (κ3) is 8.73. The molecular formula is C7H19NO6S. The van der Waals surface area contributed by atoms with Gasteiger partial charge in [0, 0.05) is 6.54 Å². The first-order chi connectivity index (χ1) is 6.80. The molecule has 0 unspecified atom stereocenters. The fourth-order valence-electron chi connectivity index (χ4n) is 0.344. The van der Waals surface area contributed by atoms with Gasteiger partial charge in [-0.25, -0.2) is 0 Å². The van der Waals surface area contributed by atoms with E-state index < -0.39 is 15.5 Å². The van der Waals surface area contributed by atoms with Crippen LogP contribution in [0, 0.1) is 5.41 Å². The van der Waals surface area contributed by atoms with Crippen molar-refractivity contribution in [2.75, 3.05) is 32.1 Å². The van der Waals surface area contributed by atoms with Gasteiger partial charge in [-0.3, -0.25) is 4.55 Å². The smallest absolute Gasteiger partial charge is 0.264 e. The summed E-state index contributed by atoms with van der Waals surface area (Å²) < 4.78 is 26.9. The van der Waals surface area contributed by atoms with Gasteiger partial charge in [-0.15, -0.1) is 0 Å². The summed E-state index contributed by atoms with van der Waals surface area (Å²) in [5, 5.41) is 25.7. The number of rotatable bonds is 5. The van der Waals surface area contributed by atoms with Crippen LogP contribution in [-0.2, 0) is 10.1 Å². The number of nitrogens with two attached hydrogens (primary N) is 1. The van der Waals surface area contributed by atoms with Gasteiger partial charge in [0.25, 0.3) is 10.1 Å². The van der Waals surface area contributed by atoms with E-state index in [1.54, 1.807) is 0 Å². The highest BCUT2D eigenvalue weighted by atomic mass is 32.2. The second-order valence-electron chi connectivity index (χ2n) is 3.05. The molecule has 0 rings (SSSR count).